The topological polar surface area (TPSA) is 130 Å². The molecule has 0 radical (unpaired) electrons. The predicted molar refractivity (Wildman–Crippen MR) is 76.2 cm³/mol. The number of aliphatic hydroxyl groups is 5. The Morgan fingerprint density at radius 2 is 1.67 bits per heavy atom. The van der Waals surface area contributed by atoms with Crippen LogP contribution in [0.25, 0.3) is 11.0 Å². The van der Waals surface area contributed by atoms with Gasteiger partial charge in [0.25, 0.3) is 0 Å². The molecule has 0 spiro atoms. The summed E-state index contributed by atoms with van der Waals surface area (Å²) in [5, 5.41) is 47.9. The molecule has 1 aromatic carbocycles. The van der Waals surface area contributed by atoms with Crippen LogP contribution in [0.4, 0.5) is 0 Å². The summed E-state index contributed by atoms with van der Waals surface area (Å²) < 4.78 is 0. The predicted octanol–water partition coefficient (Wildman–Crippen LogP) is -0.0219. The highest BCUT2D eigenvalue weighted by Gasteiger charge is 2.32. The van der Waals surface area contributed by atoms with Crippen molar-refractivity contribution in [2.75, 3.05) is 6.61 Å². The second kappa shape index (κ2) is 6.45. The van der Waals surface area contributed by atoms with Crippen LogP contribution in [0.15, 0.2) is 12.1 Å². The van der Waals surface area contributed by atoms with Crippen LogP contribution in [0.3, 0.4) is 0 Å². The highest BCUT2D eigenvalue weighted by molar-refractivity contribution is 6.42. The number of hydrogen-bond acceptors (Lipinski definition) is 6. The van der Waals surface area contributed by atoms with Crippen molar-refractivity contribution in [2.45, 2.75) is 24.4 Å². The van der Waals surface area contributed by atoms with Crippen LogP contribution in [-0.2, 0) is 0 Å². The van der Waals surface area contributed by atoms with Gasteiger partial charge in [-0.15, -0.1) is 0 Å². The van der Waals surface area contributed by atoms with Gasteiger partial charge >= 0.3 is 0 Å². The number of H-pyrrole nitrogens is 1. The summed E-state index contributed by atoms with van der Waals surface area (Å²) in [7, 11) is 0. The van der Waals surface area contributed by atoms with Gasteiger partial charge in [-0.25, -0.2) is 4.98 Å². The minimum absolute atomic E-state index is 0.0278. The van der Waals surface area contributed by atoms with Crippen LogP contribution in [0.1, 0.15) is 11.9 Å². The van der Waals surface area contributed by atoms with Gasteiger partial charge in [0.05, 0.1) is 27.7 Å². The zero-order chi connectivity index (χ0) is 15.7. The molecule has 0 saturated heterocycles. The van der Waals surface area contributed by atoms with Gasteiger partial charge in [-0.1, -0.05) is 23.2 Å². The summed E-state index contributed by atoms with van der Waals surface area (Å²) >= 11 is 11.7. The summed E-state index contributed by atoms with van der Waals surface area (Å²) in [6.45, 7) is -0.754. The molecule has 0 aliphatic heterocycles. The van der Waals surface area contributed by atoms with Crippen LogP contribution in [0.2, 0.25) is 10.0 Å². The number of nitrogens with zero attached hydrogens (tertiary/aromatic N) is 1. The summed E-state index contributed by atoms with van der Waals surface area (Å²) in [5.74, 6) is -0.0278. The number of nitrogens with one attached hydrogen (secondary N) is 1. The molecule has 1 heterocycles. The van der Waals surface area contributed by atoms with E-state index in [1.54, 1.807) is 0 Å². The second-order valence-electron chi connectivity index (χ2n) is 4.58. The van der Waals surface area contributed by atoms with Gasteiger partial charge in [0.2, 0.25) is 0 Å². The van der Waals surface area contributed by atoms with E-state index in [0.29, 0.717) is 16.1 Å². The fourth-order valence-corrected chi connectivity index (χ4v) is 2.17. The van der Waals surface area contributed by atoms with Crippen molar-refractivity contribution in [1.29, 1.82) is 0 Å². The van der Waals surface area contributed by atoms with Crippen molar-refractivity contribution in [1.82, 2.24) is 9.97 Å². The highest BCUT2D eigenvalue weighted by atomic mass is 35.5. The monoisotopic (exact) mass is 336 g/mol. The third kappa shape index (κ3) is 3.29. The molecular weight excluding hydrogens is 323 g/mol. The third-order valence-corrected chi connectivity index (χ3v) is 3.80. The molecule has 21 heavy (non-hydrogen) atoms. The Bertz CT molecular complexity index is 596. The molecule has 0 bridgehead atoms. The van der Waals surface area contributed by atoms with E-state index in [-0.39, 0.29) is 10.8 Å². The molecule has 1 aromatic heterocycles. The number of benzene rings is 1. The lowest BCUT2D eigenvalue weighted by Gasteiger charge is -2.24. The number of hydrogen-bond donors (Lipinski definition) is 6. The molecule has 3 unspecified atom stereocenters. The largest absolute Gasteiger partial charge is 0.394 e. The Balaban J connectivity index is 2.28. The van der Waals surface area contributed by atoms with E-state index >= 15 is 0 Å². The third-order valence-electron chi connectivity index (χ3n) is 3.08. The SMILES string of the molecule is OCC(O)C(O)C(O)[C@H](O)c1nc2cc(Cl)c(Cl)cc2[nH]1. The van der Waals surface area contributed by atoms with E-state index in [1.807, 2.05) is 0 Å². The standard InChI is InChI=1S/C12H14Cl2N2O5/c13-4-1-6-7(2-5(4)14)16-12(15-6)11(21)10(20)9(19)8(18)3-17/h1-2,8-11,17-21H,3H2,(H,15,16)/t8?,9?,10?,11-/m0/s1. The smallest absolute Gasteiger partial charge is 0.140 e. The fraction of sp³-hybridized carbons (Fsp3) is 0.417. The number of aromatic amines is 1. The molecule has 9 heteroatoms. The number of fused-ring (bicyclic) bond motifs is 1. The minimum atomic E-state index is -1.74. The van der Waals surface area contributed by atoms with E-state index in [2.05, 4.69) is 9.97 Å². The summed E-state index contributed by atoms with van der Waals surface area (Å²) in [5.41, 5.74) is 0.908. The molecule has 0 aliphatic rings. The number of imidazole rings is 1. The number of rotatable bonds is 5. The van der Waals surface area contributed by atoms with E-state index in [0.717, 1.165) is 0 Å². The lowest BCUT2D eigenvalue weighted by Crippen LogP contribution is -2.42. The van der Waals surface area contributed by atoms with E-state index in [9.17, 15) is 20.4 Å². The van der Waals surface area contributed by atoms with Gasteiger partial charge in [-0.2, -0.15) is 0 Å². The normalized spacial score (nSPS) is 17.7. The second-order valence-corrected chi connectivity index (χ2v) is 5.40. The van der Waals surface area contributed by atoms with Gasteiger partial charge in [0, 0.05) is 0 Å². The Kier molecular flexibility index (Phi) is 5.05. The maximum atomic E-state index is 9.98. The van der Waals surface area contributed by atoms with Crippen molar-refractivity contribution in [3.63, 3.8) is 0 Å². The van der Waals surface area contributed by atoms with E-state index in [4.69, 9.17) is 28.3 Å². The maximum absolute atomic E-state index is 9.98. The number of aromatic nitrogens is 2. The molecule has 7 nitrogen and oxygen atoms in total. The molecule has 2 aromatic rings. The maximum Gasteiger partial charge on any atom is 0.140 e. The molecular formula is C12H14Cl2N2O5. The summed E-state index contributed by atoms with van der Waals surface area (Å²) in [6.07, 6.45) is -6.64. The molecule has 0 aliphatic carbocycles. The van der Waals surface area contributed by atoms with E-state index in [1.165, 1.54) is 12.1 Å². The molecule has 0 fully saturated rings. The summed E-state index contributed by atoms with van der Waals surface area (Å²) in [4.78, 5) is 6.78. The number of halogens is 2. The Labute approximate surface area is 129 Å². The fourth-order valence-electron chi connectivity index (χ4n) is 1.85. The van der Waals surface area contributed by atoms with Crippen LogP contribution in [-0.4, -0.2) is 60.4 Å². The van der Waals surface area contributed by atoms with Gasteiger partial charge < -0.3 is 30.5 Å². The van der Waals surface area contributed by atoms with Crippen molar-refractivity contribution in [3.05, 3.63) is 28.0 Å². The van der Waals surface area contributed by atoms with Crippen LogP contribution in [0, 0.1) is 0 Å². The van der Waals surface area contributed by atoms with Gasteiger partial charge in [0.15, 0.2) is 0 Å². The summed E-state index contributed by atoms with van der Waals surface area (Å²) in [6, 6.07) is 2.99. The Hall–Kier alpha value is -0.930. The first-order valence-electron chi connectivity index (χ1n) is 6.03. The number of aliphatic hydroxyl groups excluding tert-OH is 5. The molecule has 0 amide bonds. The van der Waals surface area contributed by atoms with Crippen molar-refractivity contribution in [2.24, 2.45) is 0 Å². The highest BCUT2D eigenvalue weighted by Crippen LogP contribution is 2.28. The van der Waals surface area contributed by atoms with Crippen LogP contribution < -0.4 is 0 Å². The van der Waals surface area contributed by atoms with Crippen molar-refractivity contribution < 1.29 is 25.5 Å². The first kappa shape index (κ1) is 16.4. The Morgan fingerprint density at radius 1 is 1.05 bits per heavy atom. The molecule has 2 rings (SSSR count). The van der Waals surface area contributed by atoms with Gasteiger partial charge in [0.1, 0.15) is 30.2 Å². The van der Waals surface area contributed by atoms with Crippen molar-refractivity contribution >= 4 is 34.2 Å². The first-order valence-corrected chi connectivity index (χ1v) is 6.78. The molecule has 4 atom stereocenters. The average Bonchev–Trinajstić information content (AvgIpc) is 2.87. The molecule has 116 valence electrons. The zero-order valence-electron chi connectivity index (χ0n) is 10.6. The first-order chi connectivity index (χ1) is 9.85. The molecule has 0 saturated carbocycles. The Morgan fingerprint density at radius 3 is 2.29 bits per heavy atom. The van der Waals surface area contributed by atoms with Gasteiger partial charge in [-0.05, 0) is 12.1 Å². The van der Waals surface area contributed by atoms with Gasteiger partial charge in [-0.3, -0.25) is 0 Å². The molecule has 6 N–H and O–H groups in total. The van der Waals surface area contributed by atoms with Crippen LogP contribution >= 0.6 is 23.2 Å². The van der Waals surface area contributed by atoms with E-state index < -0.39 is 31.0 Å². The quantitative estimate of drug-likeness (QED) is 0.455. The lowest BCUT2D eigenvalue weighted by molar-refractivity contribution is -0.117. The minimum Gasteiger partial charge on any atom is -0.394 e. The lowest BCUT2D eigenvalue weighted by atomic mass is 10.0. The average molecular weight is 337 g/mol. The van der Waals surface area contributed by atoms with Crippen molar-refractivity contribution in [3.8, 4) is 0 Å². The zero-order valence-corrected chi connectivity index (χ0v) is 12.1. The van der Waals surface area contributed by atoms with Crippen LogP contribution in [0.5, 0.6) is 0 Å².